The highest BCUT2D eigenvalue weighted by Gasteiger charge is 2.24. The number of thiazole rings is 1. The Bertz CT molecular complexity index is 776. The van der Waals surface area contributed by atoms with Gasteiger partial charge in [-0.25, -0.2) is 15.0 Å². The Balaban J connectivity index is 1.58. The molecule has 138 valence electrons. The van der Waals surface area contributed by atoms with Crippen LogP contribution in [0, 0.1) is 6.92 Å². The molecule has 0 radical (unpaired) electrons. The average Bonchev–Trinajstić information content (AvgIpc) is 2.96. The lowest BCUT2D eigenvalue weighted by molar-refractivity contribution is 0.0760. The summed E-state index contributed by atoms with van der Waals surface area (Å²) < 4.78 is 0. The molecule has 1 atom stereocenters. The molecule has 2 aromatic rings. The summed E-state index contributed by atoms with van der Waals surface area (Å²) in [6.07, 6.45) is 5.50. The molecule has 3 rings (SSSR count). The number of amides is 2. The first kappa shape index (κ1) is 18.2. The first-order valence-electron chi connectivity index (χ1n) is 8.58. The second-order valence-electron chi connectivity index (χ2n) is 6.21. The van der Waals surface area contributed by atoms with Gasteiger partial charge in [0.1, 0.15) is 4.88 Å². The second-order valence-corrected chi connectivity index (χ2v) is 7.06. The SMILES string of the molecule is CNc1ncc(C(=O)N2CCC[C@@H](NC(=O)c3scnc3C)CC2)cn1. The van der Waals surface area contributed by atoms with Crippen molar-refractivity contribution in [3.05, 3.63) is 34.0 Å². The fourth-order valence-electron chi connectivity index (χ4n) is 2.96. The number of rotatable bonds is 4. The van der Waals surface area contributed by atoms with Crippen LogP contribution in [0.15, 0.2) is 17.9 Å². The van der Waals surface area contributed by atoms with Crippen molar-refractivity contribution in [2.24, 2.45) is 0 Å². The van der Waals surface area contributed by atoms with Gasteiger partial charge in [-0.2, -0.15) is 0 Å². The molecule has 2 aromatic heterocycles. The van der Waals surface area contributed by atoms with Crippen molar-refractivity contribution in [1.29, 1.82) is 0 Å². The van der Waals surface area contributed by atoms with Gasteiger partial charge in [-0.05, 0) is 26.2 Å². The number of likely N-dealkylation sites (tertiary alicyclic amines) is 1. The summed E-state index contributed by atoms with van der Waals surface area (Å²) in [5.74, 6) is 0.335. The number of nitrogens with zero attached hydrogens (tertiary/aromatic N) is 4. The number of nitrogens with one attached hydrogen (secondary N) is 2. The number of hydrogen-bond acceptors (Lipinski definition) is 7. The van der Waals surface area contributed by atoms with E-state index >= 15 is 0 Å². The minimum absolute atomic E-state index is 0.0599. The highest BCUT2D eigenvalue weighted by atomic mass is 32.1. The number of hydrogen-bond donors (Lipinski definition) is 2. The third-order valence-corrected chi connectivity index (χ3v) is 5.35. The van der Waals surface area contributed by atoms with E-state index in [4.69, 9.17) is 0 Å². The molecule has 26 heavy (non-hydrogen) atoms. The van der Waals surface area contributed by atoms with Gasteiger partial charge >= 0.3 is 0 Å². The molecule has 0 aliphatic carbocycles. The van der Waals surface area contributed by atoms with E-state index in [1.54, 1.807) is 12.6 Å². The van der Waals surface area contributed by atoms with E-state index in [-0.39, 0.29) is 17.9 Å². The number of carbonyl (C=O) groups is 2. The Morgan fingerprint density at radius 3 is 2.62 bits per heavy atom. The Labute approximate surface area is 156 Å². The zero-order valence-electron chi connectivity index (χ0n) is 14.9. The van der Waals surface area contributed by atoms with Gasteiger partial charge in [0.2, 0.25) is 5.95 Å². The van der Waals surface area contributed by atoms with Crippen molar-refractivity contribution in [2.75, 3.05) is 25.5 Å². The minimum Gasteiger partial charge on any atom is -0.357 e. The van der Waals surface area contributed by atoms with Crippen molar-refractivity contribution < 1.29 is 9.59 Å². The Hall–Kier alpha value is -2.55. The summed E-state index contributed by atoms with van der Waals surface area (Å²) >= 11 is 1.35. The Morgan fingerprint density at radius 1 is 1.19 bits per heavy atom. The fraction of sp³-hybridized carbons (Fsp3) is 0.471. The van der Waals surface area contributed by atoms with Gasteiger partial charge in [0.25, 0.3) is 11.8 Å². The summed E-state index contributed by atoms with van der Waals surface area (Å²) in [4.78, 5) is 39.8. The summed E-state index contributed by atoms with van der Waals surface area (Å²) in [5.41, 5.74) is 2.91. The monoisotopic (exact) mass is 374 g/mol. The zero-order chi connectivity index (χ0) is 18.5. The maximum absolute atomic E-state index is 12.6. The van der Waals surface area contributed by atoms with Crippen molar-refractivity contribution in [3.8, 4) is 0 Å². The van der Waals surface area contributed by atoms with Crippen molar-refractivity contribution in [1.82, 2.24) is 25.2 Å². The van der Waals surface area contributed by atoms with Crippen LogP contribution in [-0.2, 0) is 0 Å². The maximum atomic E-state index is 12.6. The van der Waals surface area contributed by atoms with Crippen LogP contribution < -0.4 is 10.6 Å². The van der Waals surface area contributed by atoms with Crippen LogP contribution in [-0.4, -0.2) is 57.8 Å². The third-order valence-electron chi connectivity index (χ3n) is 4.42. The van der Waals surface area contributed by atoms with Crippen molar-refractivity contribution >= 4 is 29.1 Å². The third kappa shape index (κ3) is 4.16. The Morgan fingerprint density at radius 2 is 1.96 bits per heavy atom. The van der Waals surface area contributed by atoms with E-state index in [1.807, 2.05) is 11.8 Å². The molecular weight excluding hydrogens is 352 g/mol. The van der Waals surface area contributed by atoms with E-state index < -0.39 is 0 Å². The van der Waals surface area contributed by atoms with Crippen LogP contribution in [0.1, 0.15) is 45.0 Å². The molecule has 9 heteroatoms. The number of aryl methyl sites for hydroxylation is 1. The molecule has 8 nitrogen and oxygen atoms in total. The standard InChI is InChI=1S/C17H22N6O2S/c1-11-14(26-10-21-11)15(24)22-13-4-3-6-23(7-5-13)16(25)12-8-19-17(18-2)20-9-12/h8-10,13H,3-7H2,1-2H3,(H,22,24)(H,18,19,20)/t13-/m1/s1. The molecular formula is C17H22N6O2S. The first-order valence-corrected chi connectivity index (χ1v) is 9.46. The molecule has 1 fully saturated rings. The van der Waals surface area contributed by atoms with Gasteiger partial charge < -0.3 is 15.5 Å². The van der Waals surface area contributed by atoms with E-state index in [0.717, 1.165) is 25.0 Å². The summed E-state index contributed by atoms with van der Waals surface area (Å²) in [7, 11) is 1.73. The summed E-state index contributed by atoms with van der Waals surface area (Å²) in [5, 5.41) is 5.91. The predicted octanol–water partition coefficient (Wildman–Crippen LogP) is 1.71. The van der Waals surface area contributed by atoms with Crippen LogP contribution in [0.2, 0.25) is 0 Å². The molecule has 3 heterocycles. The Kier molecular flexibility index (Phi) is 5.77. The van der Waals surface area contributed by atoms with Crippen molar-refractivity contribution in [2.45, 2.75) is 32.2 Å². The summed E-state index contributed by atoms with van der Waals surface area (Å²) in [6.45, 7) is 3.10. The first-order chi connectivity index (χ1) is 12.6. The molecule has 1 saturated heterocycles. The van der Waals surface area contributed by atoms with Crippen LogP contribution in [0.4, 0.5) is 5.95 Å². The molecule has 2 N–H and O–H groups in total. The highest BCUT2D eigenvalue weighted by molar-refractivity contribution is 7.11. The van der Waals surface area contributed by atoms with E-state index in [2.05, 4.69) is 25.6 Å². The van der Waals surface area contributed by atoms with Crippen molar-refractivity contribution in [3.63, 3.8) is 0 Å². The molecule has 0 unspecified atom stereocenters. The van der Waals surface area contributed by atoms with E-state index in [9.17, 15) is 9.59 Å². The molecule has 1 aliphatic rings. The van der Waals surface area contributed by atoms with Crippen LogP contribution in [0.5, 0.6) is 0 Å². The lowest BCUT2D eigenvalue weighted by Crippen LogP contribution is -2.36. The molecule has 0 bridgehead atoms. The summed E-state index contributed by atoms with van der Waals surface area (Å²) in [6, 6.07) is 0.0599. The van der Waals surface area contributed by atoms with E-state index in [0.29, 0.717) is 29.5 Å². The lowest BCUT2D eigenvalue weighted by Gasteiger charge is -2.20. The smallest absolute Gasteiger partial charge is 0.263 e. The molecule has 0 saturated carbocycles. The zero-order valence-corrected chi connectivity index (χ0v) is 15.7. The van der Waals surface area contributed by atoms with Gasteiger partial charge in [0.15, 0.2) is 0 Å². The van der Waals surface area contributed by atoms with Gasteiger partial charge in [-0.15, -0.1) is 11.3 Å². The minimum atomic E-state index is -0.0779. The van der Waals surface area contributed by atoms with Gasteiger partial charge in [0.05, 0.1) is 16.8 Å². The molecule has 0 spiro atoms. The predicted molar refractivity (Wildman–Crippen MR) is 99.4 cm³/mol. The van der Waals surface area contributed by atoms with Gasteiger partial charge in [-0.3, -0.25) is 9.59 Å². The van der Waals surface area contributed by atoms with Crippen LogP contribution in [0.3, 0.4) is 0 Å². The normalized spacial score (nSPS) is 17.5. The topological polar surface area (TPSA) is 100 Å². The quantitative estimate of drug-likeness (QED) is 0.845. The second kappa shape index (κ2) is 8.22. The van der Waals surface area contributed by atoms with E-state index in [1.165, 1.54) is 23.7 Å². The maximum Gasteiger partial charge on any atom is 0.263 e. The van der Waals surface area contributed by atoms with Crippen LogP contribution in [0.25, 0.3) is 0 Å². The average molecular weight is 374 g/mol. The fourth-order valence-corrected chi connectivity index (χ4v) is 3.67. The molecule has 0 aromatic carbocycles. The number of anilines is 1. The highest BCUT2D eigenvalue weighted by Crippen LogP contribution is 2.17. The largest absolute Gasteiger partial charge is 0.357 e. The van der Waals surface area contributed by atoms with Crippen LogP contribution >= 0.6 is 11.3 Å². The lowest BCUT2D eigenvalue weighted by atomic mass is 10.1. The molecule has 1 aliphatic heterocycles. The van der Waals surface area contributed by atoms with Gasteiger partial charge in [0, 0.05) is 38.6 Å². The molecule has 2 amide bonds. The van der Waals surface area contributed by atoms with Gasteiger partial charge in [-0.1, -0.05) is 0 Å². The number of carbonyl (C=O) groups excluding carboxylic acids is 2. The number of aromatic nitrogens is 3.